The van der Waals surface area contributed by atoms with Gasteiger partial charge in [-0.2, -0.15) is 13.2 Å². The molecule has 26 heavy (non-hydrogen) atoms. The number of nitrogens with zero attached hydrogens (tertiary/aromatic N) is 2. The molecule has 4 rings (SSSR count). The van der Waals surface area contributed by atoms with Crippen molar-refractivity contribution in [2.45, 2.75) is 32.5 Å². The minimum absolute atomic E-state index is 0.0328. The van der Waals surface area contributed by atoms with Crippen LogP contribution in [0.25, 0.3) is 5.65 Å². The number of aromatic nitrogens is 2. The van der Waals surface area contributed by atoms with Crippen molar-refractivity contribution in [1.82, 2.24) is 9.38 Å². The van der Waals surface area contributed by atoms with Crippen molar-refractivity contribution >= 4 is 17.1 Å². The van der Waals surface area contributed by atoms with Gasteiger partial charge >= 0.3 is 6.18 Å². The SMILES string of the molecule is Cc1nc2c3c(ccn2c1C)C(=O)CC(c1ccccc1C(F)(F)F)N3. The van der Waals surface area contributed by atoms with Crippen molar-refractivity contribution in [3.63, 3.8) is 0 Å². The fraction of sp³-hybridized carbons (Fsp3) is 0.263. The van der Waals surface area contributed by atoms with Gasteiger partial charge in [-0.3, -0.25) is 4.79 Å². The third-order valence-corrected chi connectivity index (χ3v) is 4.92. The summed E-state index contributed by atoms with van der Waals surface area (Å²) >= 11 is 0. The van der Waals surface area contributed by atoms with Gasteiger partial charge in [0, 0.05) is 23.9 Å². The summed E-state index contributed by atoms with van der Waals surface area (Å²) in [5.74, 6) is -0.193. The Morgan fingerprint density at radius 1 is 1.19 bits per heavy atom. The van der Waals surface area contributed by atoms with Gasteiger partial charge in [-0.25, -0.2) is 4.98 Å². The molecule has 0 spiro atoms. The Kier molecular flexibility index (Phi) is 3.57. The predicted octanol–water partition coefficient (Wildman–Crippen LogP) is 4.71. The molecule has 1 N–H and O–H groups in total. The van der Waals surface area contributed by atoms with Gasteiger partial charge < -0.3 is 9.72 Å². The van der Waals surface area contributed by atoms with Crippen molar-refractivity contribution in [2.24, 2.45) is 0 Å². The number of Topliss-reactive ketones (excluding diaryl/α,β-unsaturated/α-hetero) is 1. The highest BCUT2D eigenvalue weighted by molar-refractivity contribution is 6.06. The summed E-state index contributed by atoms with van der Waals surface area (Å²) < 4.78 is 42.0. The zero-order valence-electron chi connectivity index (χ0n) is 14.2. The molecular weight excluding hydrogens is 343 g/mol. The molecule has 7 heteroatoms. The first-order chi connectivity index (χ1) is 12.3. The molecule has 0 fully saturated rings. The molecular formula is C19H16F3N3O. The quantitative estimate of drug-likeness (QED) is 0.684. The van der Waals surface area contributed by atoms with Gasteiger partial charge in [-0.1, -0.05) is 18.2 Å². The first-order valence-corrected chi connectivity index (χ1v) is 8.21. The lowest BCUT2D eigenvalue weighted by Crippen LogP contribution is -2.26. The van der Waals surface area contributed by atoms with Gasteiger partial charge in [0.2, 0.25) is 0 Å². The van der Waals surface area contributed by atoms with Crippen LogP contribution in [-0.2, 0) is 6.18 Å². The maximum atomic E-state index is 13.4. The number of rotatable bonds is 1. The van der Waals surface area contributed by atoms with Gasteiger partial charge in [-0.05, 0) is 31.5 Å². The third-order valence-electron chi connectivity index (χ3n) is 4.92. The number of alkyl halides is 3. The van der Waals surface area contributed by atoms with Gasteiger partial charge in [0.05, 0.1) is 23.0 Å². The summed E-state index contributed by atoms with van der Waals surface area (Å²) in [6, 6.07) is 6.30. The molecule has 0 bridgehead atoms. The van der Waals surface area contributed by atoms with E-state index in [-0.39, 0.29) is 17.8 Å². The van der Waals surface area contributed by atoms with Gasteiger partial charge in [-0.15, -0.1) is 0 Å². The largest absolute Gasteiger partial charge is 0.416 e. The smallest absolute Gasteiger partial charge is 0.374 e. The number of imidazole rings is 1. The van der Waals surface area contributed by atoms with Crippen LogP contribution in [0.4, 0.5) is 18.9 Å². The number of hydrogen-bond acceptors (Lipinski definition) is 3. The normalized spacial score (nSPS) is 17.3. The van der Waals surface area contributed by atoms with Gasteiger partial charge in [0.25, 0.3) is 0 Å². The number of halogens is 3. The Labute approximate surface area is 147 Å². The van der Waals surface area contributed by atoms with E-state index in [1.165, 1.54) is 12.1 Å². The monoisotopic (exact) mass is 359 g/mol. The second-order valence-corrected chi connectivity index (χ2v) is 6.49. The molecule has 0 saturated carbocycles. The van der Waals surface area contributed by atoms with Crippen LogP contribution in [0.5, 0.6) is 0 Å². The number of benzene rings is 1. The fourth-order valence-corrected chi connectivity index (χ4v) is 3.48. The maximum Gasteiger partial charge on any atom is 0.416 e. The zero-order valence-corrected chi connectivity index (χ0v) is 14.2. The Bertz CT molecular complexity index is 1040. The number of pyridine rings is 1. The highest BCUT2D eigenvalue weighted by Crippen LogP contribution is 2.40. The van der Waals surface area contributed by atoms with E-state index >= 15 is 0 Å². The van der Waals surface area contributed by atoms with E-state index in [1.54, 1.807) is 18.3 Å². The second kappa shape index (κ2) is 5.59. The molecule has 0 radical (unpaired) electrons. The Morgan fingerprint density at radius 2 is 1.92 bits per heavy atom. The summed E-state index contributed by atoms with van der Waals surface area (Å²) in [5, 5.41) is 3.14. The van der Waals surface area contributed by atoms with Crippen molar-refractivity contribution in [2.75, 3.05) is 5.32 Å². The summed E-state index contributed by atoms with van der Waals surface area (Å²) in [4.78, 5) is 17.1. The highest BCUT2D eigenvalue weighted by atomic mass is 19.4. The zero-order chi connectivity index (χ0) is 18.6. The molecule has 4 nitrogen and oxygen atoms in total. The van der Waals surface area contributed by atoms with Gasteiger partial charge in [0.1, 0.15) is 0 Å². The van der Waals surface area contributed by atoms with Crippen LogP contribution in [0.1, 0.15) is 45.3 Å². The van der Waals surface area contributed by atoms with Crippen molar-refractivity contribution in [3.8, 4) is 0 Å². The number of ketones is 1. The number of hydrogen-bond donors (Lipinski definition) is 1. The molecule has 1 aliphatic heterocycles. The Balaban J connectivity index is 1.87. The van der Waals surface area contributed by atoms with E-state index in [2.05, 4.69) is 10.3 Å². The highest BCUT2D eigenvalue weighted by Gasteiger charge is 2.37. The predicted molar refractivity (Wildman–Crippen MR) is 91.4 cm³/mol. The van der Waals surface area contributed by atoms with E-state index in [4.69, 9.17) is 0 Å². The average molecular weight is 359 g/mol. The van der Waals surface area contributed by atoms with Crippen LogP contribution in [-0.4, -0.2) is 15.2 Å². The number of fused-ring (bicyclic) bond motifs is 3. The molecule has 0 aliphatic carbocycles. The van der Waals surface area contributed by atoms with Crippen LogP contribution in [0.3, 0.4) is 0 Å². The first kappa shape index (κ1) is 16.6. The summed E-state index contributed by atoms with van der Waals surface area (Å²) in [7, 11) is 0. The molecule has 1 aliphatic rings. The standard InChI is InChI=1S/C19H16F3N3O/c1-10-11(2)25-8-7-13-16(26)9-15(24-17(13)18(25)23-10)12-5-3-4-6-14(12)19(20,21)22/h3-8,15,24H,9H2,1-2H3. The van der Waals surface area contributed by atoms with Crippen molar-refractivity contribution in [3.05, 3.63) is 64.6 Å². The third kappa shape index (κ3) is 2.46. The van der Waals surface area contributed by atoms with Crippen LogP contribution < -0.4 is 5.32 Å². The molecule has 1 unspecified atom stereocenters. The molecule has 1 aromatic carbocycles. The topological polar surface area (TPSA) is 46.4 Å². The number of carbonyl (C=O) groups is 1. The van der Waals surface area contributed by atoms with E-state index in [1.807, 2.05) is 18.2 Å². The van der Waals surface area contributed by atoms with Gasteiger partial charge in [0.15, 0.2) is 11.4 Å². The summed E-state index contributed by atoms with van der Waals surface area (Å²) in [5.41, 5.74) is 2.59. The van der Waals surface area contributed by atoms with E-state index in [0.29, 0.717) is 16.9 Å². The molecule has 1 atom stereocenters. The summed E-state index contributed by atoms with van der Waals surface area (Å²) in [6.07, 6.45) is -2.74. The number of anilines is 1. The van der Waals surface area contributed by atoms with Crippen LogP contribution in [0.15, 0.2) is 36.5 Å². The molecule has 2 aromatic heterocycles. The lowest BCUT2D eigenvalue weighted by Gasteiger charge is -2.28. The lowest BCUT2D eigenvalue weighted by molar-refractivity contribution is -0.138. The van der Waals surface area contributed by atoms with Crippen LogP contribution in [0.2, 0.25) is 0 Å². The van der Waals surface area contributed by atoms with E-state index < -0.39 is 17.8 Å². The first-order valence-electron chi connectivity index (χ1n) is 8.21. The minimum atomic E-state index is -4.48. The lowest BCUT2D eigenvalue weighted by atomic mass is 9.90. The van der Waals surface area contributed by atoms with Crippen molar-refractivity contribution in [1.29, 1.82) is 0 Å². The molecule has 3 aromatic rings. The molecule has 0 saturated heterocycles. The summed E-state index contributed by atoms with van der Waals surface area (Å²) in [6.45, 7) is 3.76. The van der Waals surface area contributed by atoms with Crippen LogP contribution in [0, 0.1) is 13.8 Å². The van der Waals surface area contributed by atoms with Crippen LogP contribution >= 0.6 is 0 Å². The van der Waals surface area contributed by atoms with Crippen molar-refractivity contribution < 1.29 is 18.0 Å². The Hall–Kier alpha value is -2.83. The molecule has 134 valence electrons. The average Bonchev–Trinajstić information content (AvgIpc) is 2.89. The Morgan fingerprint density at radius 3 is 2.65 bits per heavy atom. The number of aryl methyl sites for hydroxylation is 2. The van der Waals surface area contributed by atoms with E-state index in [0.717, 1.165) is 17.5 Å². The number of nitrogens with one attached hydrogen (secondary N) is 1. The number of carbonyl (C=O) groups excluding carboxylic acids is 1. The second-order valence-electron chi connectivity index (χ2n) is 6.49. The minimum Gasteiger partial charge on any atom is -0.374 e. The fourth-order valence-electron chi connectivity index (χ4n) is 3.48. The molecule has 3 heterocycles. The van der Waals surface area contributed by atoms with E-state index in [9.17, 15) is 18.0 Å². The maximum absolute atomic E-state index is 13.4. The molecule has 0 amide bonds.